The van der Waals surface area contributed by atoms with E-state index in [0.29, 0.717) is 0 Å². The van der Waals surface area contributed by atoms with Crippen LogP contribution in [0, 0.1) is 0 Å². The van der Waals surface area contributed by atoms with E-state index in [1.54, 1.807) is 0 Å². The third kappa shape index (κ3) is 3.87. The highest BCUT2D eigenvalue weighted by molar-refractivity contribution is 8.85. The molecule has 2 N–H and O–H groups in total. The number of rotatable bonds is 2. The predicted octanol–water partition coefficient (Wildman–Crippen LogP) is 2.78. The molecule has 0 aliphatic heterocycles. The van der Waals surface area contributed by atoms with Crippen LogP contribution in [0.5, 0.6) is 0 Å². The summed E-state index contributed by atoms with van der Waals surface area (Å²) in [7, 11) is 0. The van der Waals surface area contributed by atoms with Crippen LogP contribution in [-0.2, 0) is 4.57 Å². The zero-order chi connectivity index (χ0) is 8.32. The fraction of sp³-hybridized carbons (Fsp3) is 0. The van der Waals surface area contributed by atoms with Crippen LogP contribution in [0.25, 0.3) is 0 Å². The summed E-state index contributed by atoms with van der Waals surface area (Å²) in [6, 6.07) is 9.32. The second kappa shape index (κ2) is 3.68. The first kappa shape index (κ1) is 9.20. The van der Waals surface area contributed by atoms with E-state index >= 15 is 0 Å². The quantitative estimate of drug-likeness (QED) is 0.576. The monoisotopic (exact) mass is 205 g/mol. The summed E-state index contributed by atoms with van der Waals surface area (Å²) < 4.78 is 11.0. The Balaban J connectivity index is 2.74. The largest absolute Gasteiger partial charge is 0.283 e. The molecule has 11 heavy (non-hydrogen) atoms. The van der Waals surface area contributed by atoms with Crippen LogP contribution in [0.1, 0.15) is 0 Å². The van der Waals surface area contributed by atoms with Gasteiger partial charge in [-0.2, -0.15) is 0 Å². The molecule has 0 amide bonds. The summed E-state index contributed by atoms with van der Waals surface area (Å²) in [5.41, 5.74) is 2.47. The minimum atomic E-state index is -2.78. The third-order valence-corrected chi connectivity index (χ3v) is 3.88. The van der Waals surface area contributed by atoms with Gasteiger partial charge in [-0.25, -0.2) is 0 Å². The molecule has 1 atom stereocenters. The molecule has 0 aromatic heterocycles. The van der Waals surface area contributed by atoms with Crippen LogP contribution in [0.3, 0.4) is 0 Å². The predicted molar refractivity (Wildman–Crippen MR) is 53.1 cm³/mol. The summed E-state index contributed by atoms with van der Waals surface area (Å²) in [6.07, 6.45) is 0. The van der Waals surface area contributed by atoms with Gasteiger partial charge >= 0.3 is 0 Å². The van der Waals surface area contributed by atoms with Crippen LogP contribution in [-0.4, -0.2) is 0 Å². The third-order valence-electron chi connectivity index (χ3n) is 0.979. The van der Waals surface area contributed by atoms with Crippen molar-refractivity contribution < 1.29 is 4.57 Å². The zero-order valence-electron chi connectivity index (χ0n) is 5.68. The molecule has 0 heterocycles. The van der Waals surface area contributed by atoms with Crippen LogP contribution in [0.15, 0.2) is 35.2 Å². The lowest BCUT2D eigenvalue weighted by Gasteiger charge is -2.02. The first-order valence-corrected chi connectivity index (χ1v) is 7.29. The molecule has 0 bridgehead atoms. The Labute approximate surface area is 74.9 Å². The Morgan fingerprint density at radius 2 is 1.91 bits per heavy atom. The molecule has 1 aromatic rings. The van der Waals surface area contributed by atoms with Crippen LogP contribution in [0.2, 0.25) is 0 Å². The van der Waals surface area contributed by atoms with Crippen LogP contribution >= 0.6 is 29.3 Å². The molecule has 0 radical (unpaired) electrons. The minimum Gasteiger partial charge on any atom is -0.283 e. The van der Waals surface area contributed by atoms with E-state index in [9.17, 15) is 4.57 Å². The Bertz CT molecular complexity index is 271. The molecule has 0 saturated carbocycles. The van der Waals surface area contributed by atoms with Gasteiger partial charge in [-0.15, -0.1) is 0 Å². The standard InChI is InChI=1S/C6H8NOPS2/c7-9(8,10)11-6-4-2-1-3-5-6/h1-5H,(H3,7,8,10). The van der Waals surface area contributed by atoms with Crippen molar-refractivity contribution in [1.29, 1.82) is 0 Å². The molecule has 0 aliphatic carbocycles. The number of thiol groups is 1. The molecular weight excluding hydrogens is 197 g/mol. The van der Waals surface area contributed by atoms with Gasteiger partial charge in [-0.1, -0.05) is 30.4 Å². The van der Waals surface area contributed by atoms with Crippen molar-refractivity contribution in [3.63, 3.8) is 0 Å². The minimum absolute atomic E-state index is 0.883. The van der Waals surface area contributed by atoms with Crippen molar-refractivity contribution in [1.82, 2.24) is 0 Å². The molecule has 1 aromatic carbocycles. The molecule has 1 unspecified atom stereocenters. The fourth-order valence-corrected chi connectivity index (χ4v) is 3.33. The number of nitrogens with two attached hydrogens (primary N) is 1. The van der Waals surface area contributed by atoms with Gasteiger partial charge in [0.05, 0.1) is 0 Å². The summed E-state index contributed by atoms with van der Waals surface area (Å²) in [6.45, 7) is 0. The summed E-state index contributed by atoms with van der Waals surface area (Å²) in [5, 5.41) is 0. The maximum absolute atomic E-state index is 11.0. The second-order valence-corrected chi connectivity index (χ2v) is 8.52. The smallest absolute Gasteiger partial charge is 0.253 e. The Kier molecular flexibility index (Phi) is 3.07. The molecular formula is C6H8NOPS2. The van der Waals surface area contributed by atoms with Gasteiger partial charge in [0, 0.05) is 4.90 Å². The van der Waals surface area contributed by atoms with E-state index in [1.807, 2.05) is 30.3 Å². The van der Waals surface area contributed by atoms with Crippen molar-refractivity contribution in [3.8, 4) is 0 Å². The van der Waals surface area contributed by atoms with Gasteiger partial charge < -0.3 is 0 Å². The number of benzene rings is 1. The maximum Gasteiger partial charge on any atom is 0.253 e. The first-order chi connectivity index (χ1) is 5.08. The van der Waals surface area contributed by atoms with Crippen LogP contribution < -0.4 is 5.50 Å². The molecule has 0 fully saturated rings. The maximum atomic E-state index is 11.0. The lowest BCUT2D eigenvalue weighted by molar-refractivity contribution is 0.595. The van der Waals surface area contributed by atoms with Crippen molar-refractivity contribution in [2.45, 2.75) is 4.90 Å². The van der Waals surface area contributed by atoms with Crippen LogP contribution in [0.4, 0.5) is 0 Å². The second-order valence-electron chi connectivity index (χ2n) is 1.97. The van der Waals surface area contributed by atoms with E-state index in [2.05, 4.69) is 12.2 Å². The zero-order valence-corrected chi connectivity index (χ0v) is 8.28. The van der Waals surface area contributed by atoms with Crippen molar-refractivity contribution in [2.75, 3.05) is 0 Å². The summed E-state index contributed by atoms with van der Waals surface area (Å²) >= 11 is 4.86. The Morgan fingerprint density at radius 3 is 2.36 bits per heavy atom. The lowest BCUT2D eigenvalue weighted by Crippen LogP contribution is -1.80. The van der Waals surface area contributed by atoms with E-state index in [4.69, 9.17) is 5.50 Å². The Hall–Kier alpha value is 0.110. The van der Waals surface area contributed by atoms with E-state index < -0.39 is 5.70 Å². The number of hydrogen-bond donors (Lipinski definition) is 2. The molecule has 60 valence electrons. The molecule has 1 rings (SSSR count). The normalized spacial score (nSPS) is 15.8. The molecule has 5 heteroatoms. The van der Waals surface area contributed by atoms with Crippen molar-refractivity contribution in [2.24, 2.45) is 5.50 Å². The molecule has 0 aliphatic rings. The average Bonchev–Trinajstić information content (AvgIpc) is 1.85. The van der Waals surface area contributed by atoms with E-state index in [0.717, 1.165) is 16.3 Å². The summed E-state index contributed by atoms with van der Waals surface area (Å²) in [4.78, 5) is 0.883. The molecule has 2 nitrogen and oxygen atoms in total. The first-order valence-electron chi connectivity index (χ1n) is 2.94. The van der Waals surface area contributed by atoms with Crippen molar-refractivity contribution in [3.05, 3.63) is 30.3 Å². The molecule has 0 saturated heterocycles. The summed E-state index contributed by atoms with van der Waals surface area (Å²) in [5.74, 6) is 0. The number of hydrogen-bond acceptors (Lipinski definition) is 2. The van der Waals surface area contributed by atoms with E-state index in [1.165, 1.54) is 0 Å². The van der Waals surface area contributed by atoms with Gasteiger partial charge in [-0.05, 0) is 23.5 Å². The fourth-order valence-electron chi connectivity index (χ4n) is 0.632. The SMILES string of the molecule is NP(=O)(S)Sc1ccccc1. The van der Waals surface area contributed by atoms with Gasteiger partial charge in [0.1, 0.15) is 0 Å². The highest BCUT2D eigenvalue weighted by Crippen LogP contribution is 2.58. The van der Waals surface area contributed by atoms with Gasteiger partial charge in [0.25, 0.3) is 5.70 Å². The van der Waals surface area contributed by atoms with Crippen molar-refractivity contribution >= 4 is 29.3 Å². The average molecular weight is 205 g/mol. The topological polar surface area (TPSA) is 43.1 Å². The molecule has 0 spiro atoms. The van der Waals surface area contributed by atoms with Gasteiger partial charge in [-0.3, -0.25) is 10.1 Å². The van der Waals surface area contributed by atoms with Gasteiger partial charge in [0.2, 0.25) is 0 Å². The lowest BCUT2D eigenvalue weighted by atomic mass is 10.4. The van der Waals surface area contributed by atoms with E-state index in [-0.39, 0.29) is 0 Å². The Morgan fingerprint density at radius 1 is 1.36 bits per heavy atom. The highest BCUT2D eigenvalue weighted by Gasteiger charge is 2.09. The highest BCUT2D eigenvalue weighted by atomic mass is 33.1. The van der Waals surface area contributed by atoms with Gasteiger partial charge in [0.15, 0.2) is 0 Å².